The molecule has 0 amide bonds. The van der Waals surface area contributed by atoms with Crippen molar-refractivity contribution >= 4 is 17.2 Å². The van der Waals surface area contributed by atoms with Crippen LogP contribution >= 0.6 is 11.3 Å². The Morgan fingerprint density at radius 1 is 1.64 bits per heavy atom. The van der Waals surface area contributed by atoms with E-state index in [0.717, 1.165) is 5.01 Å². The van der Waals surface area contributed by atoms with Crippen molar-refractivity contribution in [2.75, 3.05) is 0 Å². The van der Waals surface area contributed by atoms with Crippen molar-refractivity contribution in [3.05, 3.63) is 20.5 Å². The summed E-state index contributed by atoms with van der Waals surface area (Å²) >= 11 is 1.28. The zero-order valence-corrected chi connectivity index (χ0v) is 7.51. The summed E-state index contributed by atoms with van der Waals surface area (Å²) in [5, 5.41) is 12.1. The first-order valence-electron chi connectivity index (χ1n) is 3.26. The molecule has 0 saturated heterocycles. The molecule has 1 aromatic rings. The molecule has 1 rings (SSSR count). The predicted molar refractivity (Wildman–Crippen MR) is 44.9 cm³/mol. The number of aryl methyl sites for hydroxylation is 1. The zero-order chi connectivity index (χ0) is 8.85. The molecule has 1 heterocycles. The van der Waals surface area contributed by atoms with E-state index in [-0.39, 0.29) is 5.82 Å². The van der Waals surface area contributed by atoms with E-state index in [4.69, 9.17) is 0 Å². The summed E-state index contributed by atoms with van der Waals surface area (Å²) in [7, 11) is 0. The standard InChI is InChI=1S/C4H4N2O2S.C2H6/c1-3-5-4(2-9-3)6(7)8;1-2/h2H,1H3;1-2H3. The van der Waals surface area contributed by atoms with Crippen LogP contribution < -0.4 is 0 Å². The fraction of sp³-hybridized carbons (Fsp3) is 0.500. The van der Waals surface area contributed by atoms with E-state index in [1.165, 1.54) is 16.7 Å². The zero-order valence-electron chi connectivity index (χ0n) is 6.70. The molecule has 0 N–H and O–H groups in total. The maximum Gasteiger partial charge on any atom is 0.374 e. The molecule has 62 valence electrons. The van der Waals surface area contributed by atoms with Gasteiger partial charge in [0.15, 0.2) is 0 Å². The first-order valence-corrected chi connectivity index (χ1v) is 4.14. The van der Waals surface area contributed by atoms with Crippen molar-refractivity contribution in [1.29, 1.82) is 0 Å². The molecule has 0 radical (unpaired) electrons. The highest BCUT2D eigenvalue weighted by Gasteiger charge is 2.08. The van der Waals surface area contributed by atoms with Crippen LogP contribution in [0.2, 0.25) is 0 Å². The second kappa shape index (κ2) is 4.79. The number of hydrogen-bond acceptors (Lipinski definition) is 4. The third-order valence-corrected chi connectivity index (χ3v) is 1.56. The number of nitrogens with zero attached hydrogens (tertiary/aromatic N) is 2. The van der Waals surface area contributed by atoms with Gasteiger partial charge in [0.25, 0.3) is 0 Å². The maximum atomic E-state index is 9.96. The highest BCUT2D eigenvalue weighted by molar-refractivity contribution is 7.09. The van der Waals surface area contributed by atoms with Gasteiger partial charge in [-0.05, 0) is 9.91 Å². The van der Waals surface area contributed by atoms with Gasteiger partial charge in [-0.25, -0.2) is 0 Å². The first kappa shape index (κ1) is 10.0. The van der Waals surface area contributed by atoms with E-state index in [0.29, 0.717) is 0 Å². The van der Waals surface area contributed by atoms with Crippen LogP contribution in [0.3, 0.4) is 0 Å². The van der Waals surface area contributed by atoms with Crippen LogP contribution in [-0.2, 0) is 0 Å². The predicted octanol–water partition coefficient (Wildman–Crippen LogP) is 2.39. The average Bonchev–Trinajstić information content (AvgIpc) is 2.40. The van der Waals surface area contributed by atoms with Crippen LogP contribution in [0.25, 0.3) is 0 Å². The largest absolute Gasteiger partial charge is 0.374 e. The monoisotopic (exact) mass is 174 g/mol. The van der Waals surface area contributed by atoms with Crippen LogP contribution in [0.4, 0.5) is 5.82 Å². The van der Waals surface area contributed by atoms with Crippen LogP contribution in [0.1, 0.15) is 18.9 Å². The molecule has 4 nitrogen and oxygen atoms in total. The van der Waals surface area contributed by atoms with Crippen molar-refractivity contribution in [2.45, 2.75) is 20.8 Å². The van der Waals surface area contributed by atoms with Crippen LogP contribution in [0.5, 0.6) is 0 Å². The van der Waals surface area contributed by atoms with Gasteiger partial charge in [-0.3, -0.25) is 0 Å². The van der Waals surface area contributed by atoms with Gasteiger partial charge in [0.1, 0.15) is 0 Å². The maximum absolute atomic E-state index is 9.96. The summed E-state index contributed by atoms with van der Waals surface area (Å²) in [6.07, 6.45) is 0. The highest BCUT2D eigenvalue weighted by Crippen LogP contribution is 2.13. The lowest BCUT2D eigenvalue weighted by molar-refractivity contribution is -0.389. The normalized spacial score (nSPS) is 8.27. The molecule has 0 atom stereocenters. The Bertz CT molecular complexity index is 234. The Morgan fingerprint density at radius 3 is 2.36 bits per heavy atom. The minimum atomic E-state index is -0.497. The molecular weight excluding hydrogens is 164 g/mol. The number of hydrogen-bond donors (Lipinski definition) is 0. The molecule has 0 aliphatic carbocycles. The van der Waals surface area contributed by atoms with Gasteiger partial charge < -0.3 is 10.1 Å². The third-order valence-electron chi connectivity index (χ3n) is 0.794. The van der Waals surface area contributed by atoms with Gasteiger partial charge in [-0.15, -0.1) is 0 Å². The smallest absolute Gasteiger partial charge is 0.358 e. The van der Waals surface area contributed by atoms with Gasteiger partial charge >= 0.3 is 5.82 Å². The molecule has 0 bridgehead atoms. The summed E-state index contributed by atoms with van der Waals surface area (Å²) in [5.41, 5.74) is 0. The van der Waals surface area contributed by atoms with Crippen LogP contribution in [-0.4, -0.2) is 9.91 Å². The van der Waals surface area contributed by atoms with Gasteiger partial charge in [0, 0.05) is 6.92 Å². The van der Waals surface area contributed by atoms with E-state index >= 15 is 0 Å². The Balaban J connectivity index is 0.000000461. The van der Waals surface area contributed by atoms with Crippen molar-refractivity contribution < 1.29 is 4.92 Å². The summed E-state index contributed by atoms with van der Waals surface area (Å²) in [4.78, 5) is 13.1. The van der Waals surface area contributed by atoms with Crippen molar-refractivity contribution in [3.63, 3.8) is 0 Å². The molecule has 11 heavy (non-hydrogen) atoms. The van der Waals surface area contributed by atoms with E-state index < -0.39 is 4.92 Å². The molecule has 0 aliphatic heterocycles. The Kier molecular flexibility index (Phi) is 4.36. The lowest BCUT2D eigenvalue weighted by Crippen LogP contribution is -1.86. The molecule has 0 aliphatic rings. The van der Waals surface area contributed by atoms with E-state index in [1.807, 2.05) is 13.8 Å². The molecule has 0 unspecified atom stereocenters. The highest BCUT2D eigenvalue weighted by atomic mass is 32.1. The van der Waals surface area contributed by atoms with E-state index in [9.17, 15) is 10.1 Å². The molecule has 0 saturated carbocycles. The summed E-state index contributed by atoms with van der Waals surface area (Å²) in [6, 6.07) is 0. The van der Waals surface area contributed by atoms with Gasteiger partial charge in [0.05, 0.1) is 5.38 Å². The quantitative estimate of drug-likeness (QED) is 0.485. The summed E-state index contributed by atoms with van der Waals surface area (Å²) < 4.78 is 0. The van der Waals surface area contributed by atoms with Gasteiger partial charge in [0.2, 0.25) is 5.01 Å². The van der Waals surface area contributed by atoms with Crippen molar-refractivity contribution in [2.24, 2.45) is 0 Å². The Hall–Kier alpha value is -0.970. The summed E-state index contributed by atoms with van der Waals surface area (Å²) in [6.45, 7) is 5.73. The molecular formula is C6H10N2O2S. The molecule has 0 spiro atoms. The SMILES string of the molecule is CC.Cc1nc([N+](=O)[O-])cs1. The van der Waals surface area contributed by atoms with E-state index in [2.05, 4.69) is 4.98 Å². The minimum Gasteiger partial charge on any atom is -0.358 e. The first-order chi connectivity index (χ1) is 5.20. The number of aromatic nitrogens is 1. The average molecular weight is 174 g/mol. The summed E-state index contributed by atoms with van der Waals surface area (Å²) in [5.74, 6) is -0.0579. The lowest BCUT2D eigenvalue weighted by atomic mass is 10.8. The Morgan fingerprint density at radius 2 is 2.18 bits per heavy atom. The molecule has 5 heteroatoms. The van der Waals surface area contributed by atoms with Crippen LogP contribution in [0, 0.1) is 17.0 Å². The Labute approximate surface area is 69.0 Å². The molecule has 0 fully saturated rings. The number of nitro groups is 1. The molecule has 0 aromatic carbocycles. The molecule has 1 aromatic heterocycles. The van der Waals surface area contributed by atoms with Gasteiger partial charge in [-0.1, -0.05) is 25.2 Å². The number of rotatable bonds is 1. The van der Waals surface area contributed by atoms with Crippen molar-refractivity contribution in [3.8, 4) is 0 Å². The second-order valence-corrected chi connectivity index (χ2v) is 2.54. The fourth-order valence-corrected chi connectivity index (χ4v) is 0.997. The van der Waals surface area contributed by atoms with Crippen molar-refractivity contribution in [1.82, 2.24) is 4.98 Å². The van der Waals surface area contributed by atoms with Gasteiger partial charge in [-0.2, -0.15) is 0 Å². The second-order valence-electron chi connectivity index (χ2n) is 1.48. The topological polar surface area (TPSA) is 56.0 Å². The fourth-order valence-electron chi connectivity index (χ4n) is 0.436. The minimum absolute atomic E-state index is 0.0579. The third kappa shape index (κ3) is 3.08. The lowest BCUT2D eigenvalue weighted by Gasteiger charge is -1.81. The van der Waals surface area contributed by atoms with E-state index in [1.54, 1.807) is 6.92 Å². The number of thiazole rings is 1. The van der Waals surface area contributed by atoms with Crippen LogP contribution in [0.15, 0.2) is 5.38 Å².